The summed E-state index contributed by atoms with van der Waals surface area (Å²) in [5.74, 6) is -0.465. The molecule has 0 bridgehead atoms. The van der Waals surface area contributed by atoms with E-state index in [2.05, 4.69) is 13.2 Å². The first-order valence-corrected chi connectivity index (χ1v) is 16.3. The van der Waals surface area contributed by atoms with Gasteiger partial charge in [0.25, 0.3) is 0 Å². The zero-order valence-electron chi connectivity index (χ0n) is 26.1. The average molecular weight is 567 g/mol. The Kier molecular flexibility index (Phi) is 29.0. The van der Waals surface area contributed by atoms with Crippen LogP contribution in [0.25, 0.3) is 0 Å². The van der Waals surface area contributed by atoms with Crippen molar-refractivity contribution in [2.75, 3.05) is 26.4 Å². The molecular formula is C34H62O6. The van der Waals surface area contributed by atoms with Gasteiger partial charge in [0, 0.05) is 6.61 Å². The molecule has 1 aliphatic heterocycles. The van der Waals surface area contributed by atoms with Crippen LogP contribution in [0.5, 0.6) is 0 Å². The van der Waals surface area contributed by atoms with Crippen molar-refractivity contribution in [3.63, 3.8) is 0 Å². The van der Waals surface area contributed by atoms with Crippen LogP contribution in [0.1, 0.15) is 142 Å². The normalized spacial score (nSPS) is 18.8. The maximum atomic E-state index is 11.6. The van der Waals surface area contributed by atoms with Gasteiger partial charge in [-0.05, 0) is 52.4 Å². The molecule has 6 nitrogen and oxygen atoms in total. The largest absolute Gasteiger partial charge is 0.464 e. The molecule has 0 spiro atoms. The summed E-state index contributed by atoms with van der Waals surface area (Å²) in [4.78, 5) is 23.2. The molecule has 0 aromatic carbocycles. The summed E-state index contributed by atoms with van der Waals surface area (Å²) in [5.41, 5.74) is 0. The molecule has 6 heteroatoms. The second-order valence-electron chi connectivity index (χ2n) is 10.9. The highest BCUT2D eigenvalue weighted by Crippen LogP contribution is 2.13. The van der Waals surface area contributed by atoms with E-state index in [0.29, 0.717) is 26.4 Å². The van der Waals surface area contributed by atoms with Crippen LogP contribution in [0.15, 0.2) is 25.3 Å². The van der Waals surface area contributed by atoms with Gasteiger partial charge in [0.05, 0.1) is 19.8 Å². The Morgan fingerprint density at radius 3 is 1.85 bits per heavy atom. The predicted molar refractivity (Wildman–Crippen MR) is 165 cm³/mol. The molecule has 0 N–H and O–H groups in total. The SMILES string of the molecule is C=CCCCCCCCCCOC(=O)C(C)OCCC=C.CC1OCCCCCCCCCCCCCOC1=O. The number of hydrogen-bond donors (Lipinski definition) is 0. The fourth-order valence-electron chi connectivity index (χ4n) is 4.37. The number of unbranched alkanes of at least 4 members (excludes halogenated alkanes) is 7. The third kappa shape index (κ3) is 26.6. The number of allylic oxidation sites excluding steroid dienone is 1. The number of rotatable bonds is 15. The Morgan fingerprint density at radius 2 is 1.27 bits per heavy atom. The summed E-state index contributed by atoms with van der Waals surface area (Å²) in [6, 6.07) is 0. The summed E-state index contributed by atoms with van der Waals surface area (Å²) < 4.78 is 21.2. The lowest BCUT2D eigenvalue weighted by Crippen LogP contribution is -2.24. The van der Waals surface area contributed by atoms with Crippen molar-refractivity contribution in [1.82, 2.24) is 0 Å². The Labute approximate surface area is 246 Å². The Hall–Kier alpha value is -1.66. The van der Waals surface area contributed by atoms with Gasteiger partial charge in [0.2, 0.25) is 0 Å². The lowest BCUT2D eigenvalue weighted by Gasteiger charge is -2.12. The van der Waals surface area contributed by atoms with Gasteiger partial charge in [0.15, 0.2) is 12.2 Å². The van der Waals surface area contributed by atoms with Crippen LogP contribution in [0.2, 0.25) is 0 Å². The monoisotopic (exact) mass is 566 g/mol. The number of cyclic esters (lactones) is 1. The summed E-state index contributed by atoms with van der Waals surface area (Å²) in [6.45, 7) is 13.1. The van der Waals surface area contributed by atoms with Crippen molar-refractivity contribution in [2.45, 2.75) is 154 Å². The van der Waals surface area contributed by atoms with Gasteiger partial charge in [-0.3, -0.25) is 0 Å². The molecule has 1 heterocycles. The minimum Gasteiger partial charge on any atom is -0.464 e. The highest BCUT2D eigenvalue weighted by molar-refractivity contribution is 5.74. The lowest BCUT2D eigenvalue weighted by atomic mass is 10.1. The van der Waals surface area contributed by atoms with Crippen LogP contribution < -0.4 is 0 Å². The van der Waals surface area contributed by atoms with Crippen LogP contribution in [0.3, 0.4) is 0 Å². The molecule has 0 aliphatic carbocycles. The molecular weight excluding hydrogens is 504 g/mol. The van der Waals surface area contributed by atoms with Gasteiger partial charge in [-0.1, -0.05) is 102 Å². The number of ether oxygens (including phenoxy) is 4. The van der Waals surface area contributed by atoms with Crippen molar-refractivity contribution in [3.05, 3.63) is 25.3 Å². The number of carbonyl (C=O) groups excluding carboxylic acids is 2. The van der Waals surface area contributed by atoms with E-state index in [1.165, 1.54) is 89.9 Å². The zero-order valence-corrected chi connectivity index (χ0v) is 26.1. The maximum Gasteiger partial charge on any atom is 0.334 e. The summed E-state index contributed by atoms with van der Waals surface area (Å²) in [6.07, 6.45) is 26.9. The van der Waals surface area contributed by atoms with E-state index in [1.54, 1.807) is 19.9 Å². The minimum absolute atomic E-state index is 0.204. The van der Waals surface area contributed by atoms with E-state index in [-0.39, 0.29) is 11.9 Å². The number of esters is 2. The smallest absolute Gasteiger partial charge is 0.334 e. The topological polar surface area (TPSA) is 71.1 Å². The van der Waals surface area contributed by atoms with Gasteiger partial charge < -0.3 is 18.9 Å². The van der Waals surface area contributed by atoms with E-state index < -0.39 is 12.2 Å². The van der Waals surface area contributed by atoms with E-state index in [0.717, 1.165) is 38.5 Å². The molecule has 40 heavy (non-hydrogen) atoms. The first-order valence-electron chi connectivity index (χ1n) is 16.3. The molecule has 1 aliphatic rings. The molecule has 1 rings (SSSR count). The van der Waals surface area contributed by atoms with Crippen LogP contribution in [0.4, 0.5) is 0 Å². The van der Waals surface area contributed by atoms with E-state index in [4.69, 9.17) is 18.9 Å². The molecule has 0 aromatic rings. The van der Waals surface area contributed by atoms with Gasteiger partial charge in [0.1, 0.15) is 0 Å². The third-order valence-electron chi connectivity index (χ3n) is 7.05. The number of carbonyl (C=O) groups is 2. The molecule has 2 atom stereocenters. The second-order valence-corrected chi connectivity index (χ2v) is 10.9. The van der Waals surface area contributed by atoms with Gasteiger partial charge in [-0.25, -0.2) is 9.59 Å². The highest BCUT2D eigenvalue weighted by atomic mass is 16.6. The minimum atomic E-state index is -0.477. The first kappa shape index (κ1) is 38.3. The Bertz CT molecular complexity index is 605. The van der Waals surface area contributed by atoms with Crippen LogP contribution in [-0.4, -0.2) is 50.6 Å². The highest BCUT2D eigenvalue weighted by Gasteiger charge is 2.15. The van der Waals surface area contributed by atoms with Crippen molar-refractivity contribution in [1.29, 1.82) is 0 Å². The van der Waals surface area contributed by atoms with E-state index >= 15 is 0 Å². The first-order chi connectivity index (χ1) is 19.5. The second kappa shape index (κ2) is 30.3. The van der Waals surface area contributed by atoms with Gasteiger partial charge in [-0.2, -0.15) is 0 Å². The molecule has 234 valence electrons. The van der Waals surface area contributed by atoms with Crippen molar-refractivity contribution in [2.24, 2.45) is 0 Å². The summed E-state index contributed by atoms with van der Waals surface area (Å²) >= 11 is 0. The standard InChI is InChI=1S/C18H32O3.C16H30O3/c1-4-6-8-9-10-11-12-13-14-16-21-18(19)17(3)20-15-7-5-2;1-15-16(17)19-14-12-10-8-6-4-2-3-5-7-9-11-13-18-15/h4-5,17H,1-2,6-16H2,3H3;15H,2-14H2,1H3. The van der Waals surface area contributed by atoms with E-state index in [1.807, 2.05) is 6.08 Å². The molecule has 1 fully saturated rings. The van der Waals surface area contributed by atoms with Crippen LogP contribution >= 0.6 is 0 Å². The summed E-state index contributed by atoms with van der Waals surface area (Å²) in [7, 11) is 0. The summed E-state index contributed by atoms with van der Waals surface area (Å²) in [5, 5.41) is 0. The fourth-order valence-corrected chi connectivity index (χ4v) is 4.37. The van der Waals surface area contributed by atoms with Crippen LogP contribution in [0, 0.1) is 0 Å². The number of hydrogen-bond acceptors (Lipinski definition) is 6. The molecule has 0 radical (unpaired) electrons. The van der Waals surface area contributed by atoms with Crippen molar-refractivity contribution in [3.8, 4) is 0 Å². The average Bonchev–Trinajstić information content (AvgIpc) is 2.96. The molecule has 0 saturated carbocycles. The van der Waals surface area contributed by atoms with Gasteiger partial charge >= 0.3 is 11.9 Å². The predicted octanol–water partition coefficient (Wildman–Crippen LogP) is 9.06. The maximum absolute atomic E-state index is 11.6. The molecule has 2 unspecified atom stereocenters. The van der Waals surface area contributed by atoms with Crippen molar-refractivity contribution < 1.29 is 28.5 Å². The quantitative estimate of drug-likeness (QED) is 0.112. The van der Waals surface area contributed by atoms with Gasteiger partial charge in [-0.15, -0.1) is 13.2 Å². The molecule has 0 aromatic heterocycles. The fraction of sp³-hybridized carbons (Fsp3) is 0.824. The Morgan fingerprint density at radius 1 is 0.775 bits per heavy atom. The third-order valence-corrected chi connectivity index (χ3v) is 7.05. The van der Waals surface area contributed by atoms with E-state index in [9.17, 15) is 9.59 Å². The van der Waals surface area contributed by atoms with Crippen LogP contribution in [-0.2, 0) is 28.5 Å². The van der Waals surface area contributed by atoms with Crippen molar-refractivity contribution >= 4 is 11.9 Å². The lowest BCUT2D eigenvalue weighted by molar-refractivity contribution is -0.156. The zero-order chi connectivity index (χ0) is 29.5. The molecule has 1 saturated heterocycles. The Balaban J connectivity index is 0.000000763. The molecule has 0 amide bonds.